The molecule has 0 heterocycles. The Morgan fingerprint density at radius 2 is 1.88 bits per heavy atom. The third kappa shape index (κ3) is 7.21. The fraction of sp³-hybridized carbons (Fsp3) is 0.923. The van der Waals surface area contributed by atoms with Crippen molar-refractivity contribution < 1.29 is 5.21 Å². The predicted molar refractivity (Wildman–Crippen MR) is 73.3 cm³/mol. The zero-order chi connectivity index (χ0) is 13.5. The molecule has 1 unspecified atom stereocenters. The summed E-state index contributed by atoms with van der Waals surface area (Å²) in [6, 6.07) is 0.528. The molecule has 0 bridgehead atoms. The first-order chi connectivity index (χ1) is 7.79. The van der Waals surface area contributed by atoms with E-state index in [9.17, 15) is 0 Å². The van der Waals surface area contributed by atoms with Crippen LogP contribution < -0.4 is 11.1 Å². The average Bonchev–Trinajstić information content (AvgIpc) is 2.24. The highest BCUT2D eigenvalue weighted by Crippen LogP contribution is 2.19. The molecule has 4 N–H and O–H groups in total. The van der Waals surface area contributed by atoms with Gasteiger partial charge < -0.3 is 16.3 Å². The average molecular weight is 243 g/mol. The zero-order valence-corrected chi connectivity index (χ0v) is 12.0. The molecule has 4 nitrogen and oxygen atoms in total. The molecular weight excluding hydrogens is 214 g/mol. The molecule has 102 valence electrons. The van der Waals surface area contributed by atoms with Gasteiger partial charge in [0.2, 0.25) is 0 Å². The van der Waals surface area contributed by atoms with Crippen molar-refractivity contribution in [2.24, 2.45) is 22.2 Å². The van der Waals surface area contributed by atoms with Gasteiger partial charge in [-0.25, -0.2) is 0 Å². The molecule has 1 atom stereocenters. The van der Waals surface area contributed by atoms with Crippen LogP contribution in [0.3, 0.4) is 0 Å². The highest BCUT2D eigenvalue weighted by atomic mass is 16.4. The van der Waals surface area contributed by atoms with Gasteiger partial charge in [0.05, 0.1) is 0 Å². The Balaban J connectivity index is 3.83. The fourth-order valence-electron chi connectivity index (χ4n) is 1.58. The van der Waals surface area contributed by atoms with Crippen molar-refractivity contribution in [3.05, 3.63) is 0 Å². The van der Waals surface area contributed by atoms with Gasteiger partial charge in [-0.2, -0.15) is 0 Å². The van der Waals surface area contributed by atoms with Gasteiger partial charge in [-0.15, -0.1) is 0 Å². The van der Waals surface area contributed by atoms with Crippen LogP contribution in [0.4, 0.5) is 0 Å². The molecule has 4 heteroatoms. The zero-order valence-electron chi connectivity index (χ0n) is 12.0. The van der Waals surface area contributed by atoms with Crippen molar-refractivity contribution >= 4 is 5.84 Å². The summed E-state index contributed by atoms with van der Waals surface area (Å²) >= 11 is 0. The standard InChI is InChI=1S/C13H29N3O/c1-10(2)6-7-11(3)15-9-8-13(4,5)12(14)16-17/h10-11,15,17H,6-9H2,1-5H3,(H2,14,16). The van der Waals surface area contributed by atoms with Crippen molar-refractivity contribution in [3.63, 3.8) is 0 Å². The van der Waals surface area contributed by atoms with E-state index < -0.39 is 0 Å². The van der Waals surface area contributed by atoms with Crippen LogP contribution >= 0.6 is 0 Å². The molecule has 0 saturated heterocycles. The summed E-state index contributed by atoms with van der Waals surface area (Å²) in [7, 11) is 0. The quantitative estimate of drug-likeness (QED) is 0.265. The maximum absolute atomic E-state index is 8.67. The van der Waals surface area contributed by atoms with Crippen LogP contribution in [0.2, 0.25) is 0 Å². The summed E-state index contributed by atoms with van der Waals surface area (Å²) < 4.78 is 0. The molecule has 0 amide bonds. The van der Waals surface area contributed by atoms with E-state index in [1.54, 1.807) is 0 Å². The number of hydrogen-bond donors (Lipinski definition) is 3. The summed E-state index contributed by atoms with van der Waals surface area (Å²) in [6.07, 6.45) is 3.31. The maximum Gasteiger partial charge on any atom is 0.144 e. The number of nitrogens with two attached hydrogens (primary N) is 1. The highest BCUT2D eigenvalue weighted by Gasteiger charge is 2.23. The van der Waals surface area contributed by atoms with Gasteiger partial charge in [0.15, 0.2) is 0 Å². The molecular formula is C13H29N3O. The minimum absolute atomic E-state index is 0.250. The molecule has 0 aliphatic heterocycles. The first-order valence-corrected chi connectivity index (χ1v) is 6.51. The van der Waals surface area contributed by atoms with E-state index in [1.807, 2.05) is 13.8 Å². The van der Waals surface area contributed by atoms with E-state index in [0.717, 1.165) is 18.9 Å². The third-order valence-electron chi connectivity index (χ3n) is 3.22. The van der Waals surface area contributed by atoms with Crippen molar-refractivity contribution in [3.8, 4) is 0 Å². The van der Waals surface area contributed by atoms with Gasteiger partial charge in [-0.3, -0.25) is 0 Å². The Hall–Kier alpha value is -0.770. The minimum Gasteiger partial charge on any atom is -0.409 e. The molecule has 0 rings (SSSR count). The Morgan fingerprint density at radius 3 is 2.35 bits per heavy atom. The third-order valence-corrected chi connectivity index (χ3v) is 3.22. The molecule has 0 aromatic heterocycles. The smallest absolute Gasteiger partial charge is 0.144 e. The minimum atomic E-state index is -0.250. The largest absolute Gasteiger partial charge is 0.409 e. The lowest BCUT2D eigenvalue weighted by molar-refractivity contribution is 0.304. The maximum atomic E-state index is 8.67. The highest BCUT2D eigenvalue weighted by molar-refractivity contribution is 5.85. The molecule has 0 saturated carbocycles. The van der Waals surface area contributed by atoms with E-state index in [1.165, 1.54) is 12.8 Å². The first-order valence-electron chi connectivity index (χ1n) is 6.51. The van der Waals surface area contributed by atoms with E-state index >= 15 is 0 Å². The normalized spacial score (nSPS) is 15.3. The summed E-state index contributed by atoms with van der Waals surface area (Å²) in [4.78, 5) is 0. The van der Waals surface area contributed by atoms with Crippen molar-refractivity contribution in [2.75, 3.05) is 6.54 Å². The lowest BCUT2D eigenvalue weighted by atomic mass is 9.88. The Morgan fingerprint density at radius 1 is 1.29 bits per heavy atom. The van der Waals surface area contributed by atoms with Gasteiger partial charge >= 0.3 is 0 Å². The van der Waals surface area contributed by atoms with Gasteiger partial charge in [0, 0.05) is 11.5 Å². The topological polar surface area (TPSA) is 70.6 Å². The van der Waals surface area contributed by atoms with Crippen LogP contribution in [0.25, 0.3) is 0 Å². The van der Waals surface area contributed by atoms with Crippen molar-refractivity contribution in [1.82, 2.24) is 5.32 Å². The second-order valence-corrected chi connectivity index (χ2v) is 5.95. The molecule has 0 aromatic rings. The Bertz CT molecular complexity index is 237. The van der Waals surface area contributed by atoms with Gasteiger partial charge in [-0.05, 0) is 38.6 Å². The number of rotatable bonds is 8. The lowest BCUT2D eigenvalue weighted by Gasteiger charge is -2.24. The van der Waals surface area contributed by atoms with Gasteiger partial charge in [0.1, 0.15) is 5.84 Å². The van der Waals surface area contributed by atoms with Crippen LogP contribution in [0.5, 0.6) is 0 Å². The summed E-state index contributed by atoms with van der Waals surface area (Å²) in [5.74, 6) is 1.06. The van der Waals surface area contributed by atoms with Gasteiger partial charge in [0.25, 0.3) is 0 Å². The summed E-state index contributed by atoms with van der Waals surface area (Å²) in [5, 5.41) is 15.2. The number of nitrogens with zero attached hydrogens (tertiary/aromatic N) is 1. The Kier molecular flexibility index (Phi) is 7.19. The monoisotopic (exact) mass is 243 g/mol. The molecule has 0 aromatic carbocycles. The first kappa shape index (κ1) is 16.2. The molecule has 0 aliphatic carbocycles. The van der Waals surface area contributed by atoms with Crippen LogP contribution in [0, 0.1) is 11.3 Å². The summed E-state index contributed by atoms with van der Waals surface area (Å²) in [6.45, 7) is 11.6. The van der Waals surface area contributed by atoms with Crippen molar-refractivity contribution in [1.29, 1.82) is 0 Å². The number of nitrogens with one attached hydrogen (secondary N) is 1. The van der Waals surface area contributed by atoms with Crippen LogP contribution in [0.15, 0.2) is 5.16 Å². The van der Waals surface area contributed by atoms with E-state index in [-0.39, 0.29) is 5.41 Å². The SMILES string of the molecule is CC(C)CCC(C)NCCC(C)(C)C(N)=NO. The predicted octanol–water partition coefficient (Wildman–Crippen LogP) is 2.56. The fourth-order valence-corrected chi connectivity index (χ4v) is 1.58. The van der Waals surface area contributed by atoms with Crippen LogP contribution in [-0.4, -0.2) is 23.6 Å². The van der Waals surface area contributed by atoms with Crippen LogP contribution in [-0.2, 0) is 0 Å². The number of hydrogen-bond acceptors (Lipinski definition) is 3. The van der Waals surface area contributed by atoms with E-state index in [0.29, 0.717) is 11.9 Å². The van der Waals surface area contributed by atoms with Crippen molar-refractivity contribution in [2.45, 2.75) is 59.9 Å². The molecule has 0 aliphatic rings. The lowest BCUT2D eigenvalue weighted by Crippen LogP contribution is -2.36. The van der Waals surface area contributed by atoms with E-state index in [2.05, 4.69) is 31.2 Å². The second kappa shape index (κ2) is 7.54. The molecule has 0 fully saturated rings. The molecule has 0 spiro atoms. The number of oxime groups is 1. The summed E-state index contributed by atoms with van der Waals surface area (Å²) in [5.41, 5.74) is 5.39. The molecule has 17 heavy (non-hydrogen) atoms. The number of amidine groups is 1. The second-order valence-electron chi connectivity index (χ2n) is 5.95. The molecule has 0 radical (unpaired) electrons. The van der Waals surface area contributed by atoms with Crippen LogP contribution in [0.1, 0.15) is 53.9 Å². The van der Waals surface area contributed by atoms with E-state index in [4.69, 9.17) is 10.9 Å². The Labute approximate surface area is 106 Å². The van der Waals surface area contributed by atoms with Gasteiger partial charge in [-0.1, -0.05) is 32.9 Å².